The van der Waals surface area contributed by atoms with E-state index in [0.29, 0.717) is 28.7 Å². The molecule has 0 aromatic heterocycles. The molecular weight excluding hydrogens is 489 g/mol. The molecule has 8 heteroatoms. The predicted molar refractivity (Wildman–Crippen MR) is 135 cm³/mol. The van der Waals surface area contributed by atoms with E-state index in [0.717, 1.165) is 5.56 Å². The summed E-state index contributed by atoms with van der Waals surface area (Å²) in [5.41, 5.74) is 1.57. The molecule has 0 saturated carbocycles. The zero-order valence-electron chi connectivity index (χ0n) is 19.1. The zero-order chi connectivity index (χ0) is 25.1. The van der Waals surface area contributed by atoms with Crippen LogP contribution in [0.1, 0.15) is 29.7 Å². The third-order valence-electron chi connectivity index (χ3n) is 5.75. The molecule has 0 aliphatic carbocycles. The summed E-state index contributed by atoms with van der Waals surface area (Å²) in [6.45, 7) is 2.41. The lowest BCUT2D eigenvalue weighted by Gasteiger charge is -2.26. The number of rotatable bonds is 7. The van der Waals surface area contributed by atoms with Gasteiger partial charge in [-0.1, -0.05) is 53.5 Å². The van der Waals surface area contributed by atoms with Crippen LogP contribution < -0.4 is 9.47 Å². The minimum absolute atomic E-state index is 0.0445. The number of carbonyl (C=O) groups excluding carboxylic acids is 2. The third kappa shape index (κ3) is 4.85. The fraction of sp³-hybridized carbons (Fsp3) is 0.185. The molecule has 1 atom stereocenters. The van der Waals surface area contributed by atoms with Crippen LogP contribution in [0, 0.1) is 0 Å². The number of ketones is 1. The molecule has 1 unspecified atom stereocenters. The molecule has 1 aliphatic heterocycles. The van der Waals surface area contributed by atoms with Gasteiger partial charge in [-0.2, -0.15) is 0 Å². The van der Waals surface area contributed by atoms with E-state index in [2.05, 4.69) is 0 Å². The number of halogens is 2. The molecule has 3 aromatic carbocycles. The number of benzene rings is 3. The van der Waals surface area contributed by atoms with E-state index < -0.39 is 17.7 Å². The van der Waals surface area contributed by atoms with Crippen molar-refractivity contribution in [3.63, 3.8) is 0 Å². The monoisotopic (exact) mass is 511 g/mol. The number of nitrogens with zero attached hydrogens (tertiary/aromatic N) is 1. The van der Waals surface area contributed by atoms with E-state index in [1.54, 1.807) is 43.5 Å². The SMILES string of the molecule is CCOc1cccc(C2/C(=C(/O)c3ccc(Cl)c(Cl)c3)C(=O)C(=O)N2Cc2ccccc2OC)c1. The summed E-state index contributed by atoms with van der Waals surface area (Å²) in [5.74, 6) is -0.695. The Balaban J connectivity index is 1.89. The van der Waals surface area contributed by atoms with E-state index in [4.69, 9.17) is 32.7 Å². The highest BCUT2D eigenvalue weighted by atomic mass is 35.5. The Morgan fingerprint density at radius 1 is 1.00 bits per heavy atom. The van der Waals surface area contributed by atoms with Crippen molar-refractivity contribution in [2.75, 3.05) is 13.7 Å². The van der Waals surface area contributed by atoms with Gasteiger partial charge in [0.05, 0.1) is 41.9 Å². The Kier molecular flexibility index (Phi) is 7.34. The van der Waals surface area contributed by atoms with Gasteiger partial charge in [0.1, 0.15) is 17.3 Å². The molecule has 1 amide bonds. The fourth-order valence-corrected chi connectivity index (χ4v) is 4.44. The van der Waals surface area contributed by atoms with Crippen molar-refractivity contribution in [3.05, 3.63) is 99.0 Å². The maximum atomic E-state index is 13.3. The molecule has 6 nitrogen and oxygen atoms in total. The average Bonchev–Trinajstić information content (AvgIpc) is 3.11. The van der Waals surface area contributed by atoms with Gasteiger partial charge in [0.2, 0.25) is 0 Å². The number of para-hydroxylation sites is 1. The van der Waals surface area contributed by atoms with Gasteiger partial charge < -0.3 is 19.5 Å². The van der Waals surface area contributed by atoms with E-state index in [1.165, 1.54) is 17.0 Å². The number of amides is 1. The van der Waals surface area contributed by atoms with Gasteiger partial charge in [0, 0.05) is 11.1 Å². The lowest BCUT2D eigenvalue weighted by Crippen LogP contribution is -2.29. The number of methoxy groups -OCH3 is 1. The molecule has 180 valence electrons. The number of carbonyl (C=O) groups is 2. The molecule has 1 N–H and O–H groups in total. The van der Waals surface area contributed by atoms with Crippen LogP contribution in [-0.4, -0.2) is 35.4 Å². The molecule has 0 bridgehead atoms. The normalized spacial score (nSPS) is 17.0. The van der Waals surface area contributed by atoms with Crippen LogP contribution in [-0.2, 0) is 16.1 Å². The van der Waals surface area contributed by atoms with Gasteiger partial charge >= 0.3 is 0 Å². The summed E-state index contributed by atoms with van der Waals surface area (Å²) in [7, 11) is 1.54. The van der Waals surface area contributed by atoms with Gasteiger partial charge in [-0.25, -0.2) is 0 Å². The Morgan fingerprint density at radius 2 is 1.77 bits per heavy atom. The van der Waals surface area contributed by atoms with E-state index in [-0.39, 0.29) is 28.5 Å². The first-order valence-corrected chi connectivity index (χ1v) is 11.7. The highest BCUT2D eigenvalue weighted by molar-refractivity contribution is 6.46. The molecule has 3 aromatic rings. The maximum Gasteiger partial charge on any atom is 0.295 e. The summed E-state index contributed by atoms with van der Waals surface area (Å²) in [4.78, 5) is 28.0. The number of aliphatic hydroxyl groups is 1. The van der Waals surface area contributed by atoms with Crippen molar-refractivity contribution in [1.29, 1.82) is 0 Å². The highest BCUT2D eigenvalue weighted by Crippen LogP contribution is 2.42. The topological polar surface area (TPSA) is 76.1 Å². The summed E-state index contributed by atoms with van der Waals surface area (Å²) < 4.78 is 11.1. The summed E-state index contributed by atoms with van der Waals surface area (Å²) >= 11 is 12.2. The summed E-state index contributed by atoms with van der Waals surface area (Å²) in [6.07, 6.45) is 0. The third-order valence-corrected chi connectivity index (χ3v) is 6.49. The maximum absolute atomic E-state index is 13.3. The molecule has 1 saturated heterocycles. The Bertz CT molecular complexity index is 1320. The Morgan fingerprint density at radius 3 is 2.49 bits per heavy atom. The number of likely N-dealkylation sites (tertiary alicyclic amines) is 1. The Hall–Kier alpha value is -3.48. The number of ether oxygens (including phenoxy) is 2. The molecule has 0 spiro atoms. The molecule has 0 radical (unpaired) electrons. The van der Waals surface area contributed by atoms with Gasteiger partial charge in [0.25, 0.3) is 11.7 Å². The van der Waals surface area contributed by atoms with Crippen LogP contribution in [0.5, 0.6) is 11.5 Å². The second-order valence-corrected chi connectivity index (χ2v) is 8.69. The van der Waals surface area contributed by atoms with Crippen molar-refractivity contribution < 1.29 is 24.2 Å². The number of Topliss-reactive ketones (excluding diaryl/α,β-unsaturated/α-hetero) is 1. The molecule has 1 heterocycles. The van der Waals surface area contributed by atoms with Crippen molar-refractivity contribution >= 4 is 40.7 Å². The van der Waals surface area contributed by atoms with Crippen LogP contribution in [0.25, 0.3) is 5.76 Å². The predicted octanol–water partition coefficient (Wildman–Crippen LogP) is 6.02. The Labute approximate surface area is 213 Å². The second kappa shape index (κ2) is 10.4. The van der Waals surface area contributed by atoms with Crippen LogP contribution in [0.2, 0.25) is 10.0 Å². The largest absolute Gasteiger partial charge is 0.507 e. The van der Waals surface area contributed by atoms with Crippen LogP contribution >= 0.6 is 23.2 Å². The summed E-state index contributed by atoms with van der Waals surface area (Å²) in [5, 5.41) is 11.8. The molecular formula is C27H23Cl2NO5. The van der Waals surface area contributed by atoms with Gasteiger partial charge in [-0.15, -0.1) is 0 Å². The minimum Gasteiger partial charge on any atom is -0.507 e. The van der Waals surface area contributed by atoms with Crippen LogP contribution in [0.4, 0.5) is 0 Å². The molecule has 4 rings (SSSR count). The van der Waals surface area contributed by atoms with Crippen molar-refractivity contribution in [2.45, 2.75) is 19.5 Å². The average molecular weight is 512 g/mol. The van der Waals surface area contributed by atoms with E-state index in [9.17, 15) is 14.7 Å². The van der Waals surface area contributed by atoms with Gasteiger partial charge in [0.15, 0.2) is 0 Å². The second-order valence-electron chi connectivity index (χ2n) is 7.87. The number of hydrogen-bond donors (Lipinski definition) is 1. The van der Waals surface area contributed by atoms with Gasteiger partial charge in [-0.3, -0.25) is 9.59 Å². The molecule has 1 fully saturated rings. The molecule has 1 aliphatic rings. The first-order chi connectivity index (χ1) is 16.8. The summed E-state index contributed by atoms with van der Waals surface area (Å²) in [6, 6.07) is 18.0. The van der Waals surface area contributed by atoms with E-state index >= 15 is 0 Å². The lowest BCUT2D eigenvalue weighted by atomic mass is 9.95. The lowest BCUT2D eigenvalue weighted by molar-refractivity contribution is -0.140. The first-order valence-electron chi connectivity index (χ1n) is 10.9. The fourth-order valence-electron chi connectivity index (χ4n) is 4.15. The van der Waals surface area contributed by atoms with Crippen molar-refractivity contribution in [3.8, 4) is 11.5 Å². The van der Waals surface area contributed by atoms with Crippen molar-refractivity contribution in [2.24, 2.45) is 0 Å². The van der Waals surface area contributed by atoms with Gasteiger partial charge in [-0.05, 0) is 48.9 Å². The number of hydrogen-bond acceptors (Lipinski definition) is 5. The quantitative estimate of drug-likeness (QED) is 0.238. The first kappa shape index (κ1) is 24.6. The minimum atomic E-state index is -0.866. The number of aliphatic hydroxyl groups excluding tert-OH is 1. The standard InChI is InChI=1S/C27H23Cl2NO5/c1-3-35-19-9-6-8-16(13-19)24-23(25(31)17-11-12-20(28)21(29)14-17)26(32)27(33)30(24)15-18-7-4-5-10-22(18)34-2/h4-14,24,31H,3,15H2,1-2H3/b25-23-. The van der Waals surface area contributed by atoms with E-state index in [1.807, 2.05) is 25.1 Å². The van der Waals surface area contributed by atoms with Crippen LogP contribution in [0.15, 0.2) is 72.3 Å². The van der Waals surface area contributed by atoms with Crippen LogP contribution in [0.3, 0.4) is 0 Å². The van der Waals surface area contributed by atoms with Crippen molar-refractivity contribution in [1.82, 2.24) is 4.90 Å². The highest BCUT2D eigenvalue weighted by Gasteiger charge is 2.46. The smallest absolute Gasteiger partial charge is 0.295 e. The zero-order valence-corrected chi connectivity index (χ0v) is 20.6. The molecule has 35 heavy (non-hydrogen) atoms.